The molecule has 1 aliphatic heterocycles. The highest BCUT2D eigenvalue weighted by molar-refractivity contribution is 4.72. The van der Waals surface area contributed by atoms with Crippen LogP contribution in [0.2, 0.25) is 0 Å². The summed E-state index contributed by atoms with van der Waals surface area (Å²) >= 11 is 0. The monoisotopic (exact) mass is 214 g/mol. The molecule has 15 heavy (non-hydrogen) atoms. The summed E-state index contributed by atoms with van der Waals surface area (Å²) < 4.78 is 5.70. The van der Waals surface area contributed by atoms with Crippen LogP contribution < -0.4 is 5.32 Å². The van der Waals surface area contributed by atoms with E-state index < -0.39 is 0 Å². The number of hydrogen-bond acceptors (Lipinski definition) is 3. The number of rotatable bonds is 6. The fourth-order valence-electron chi connectivity index (χ4n) is 2.20. The molecule has 0 spiro atoms. The van der Waals surface area contributed by atoms with E-state index in [0.717, 1.165) is 26.2 Å². The Kier molecular flexibility index (Phi) is 6.22. The number of nitrogens with zero attached hydrogens (tertiary/aromatic N) is 1. The lowest BCUT2D eigenvalue weighted by atomic mass is 10.2. The van der Waals surface area contributed by atoms with Crippen LogP contribution in [0, 0.1) is 0 Å². The van der Waals surface area contributed by atoms with E-state index in [0.29, 0.717) is 12.2 Å². The summed E-state index contributed by atoms with van der Waals surface area (Å²) in [7, 11) is 0. The zero-order valence-electron chi connectivity index (χ0n) is 10.5. The zero-order valence-corrected chi connectivity index (χ0v) is 10.5. The maximum atomic E-state index is 5.70. The van der Waals surface area contributed by atoms with Crippen LogP contribution in [0.4, 0.5) is 0 Å². The van der Waals surface area contributed by atoms with E-state index in [-0.39, 0.29) is 0 Å². The van der Waals surface area contributed by atoms with E-state index in [1.807, 2.05) is 0 Å². The highest BCUT2D eigenvalue weighted by Crippen LogP contribution is 2.10. The van der Waals surface area contributed by atoms with Gasteiger partial charge in [0.15, 0.2) is 0 Å². The molecule has 2 unspecified atom stereocenters. The van der Waals surface area contributed by atoms with E-state index in [9.17, 15) is 0 Å². The Labute approximate surface area is 94.2 Å². The first-order valence-electron chi connectivity index (χ1n) is 6.31. The predicted molar refractivity (Wildman–Crippen MR) is 64.2 cm³/mol. The van der Waals surface area contributed by atoms with Gasteiger partial charge in [-0.05, 0) is 46.3 Å². The summed E-state index contributed by atoms with van der Waals surface area (Å²) in [6.07, 6.45) is 3.28. The molecule has 3 nitrogen and oxygen atoms in total. The van der Waals surface area contributed by atoms with Crippen molar-refractivity contribution in [3.05, 3.63) is 0 Å². The normalized spacial score (nSPS) is 28.2. The molecule has 1 heterocycles. The third kappa shape index (κ3) is 5.50. The second-order valence-electron chi connectivity index (χ2n) is 4.62. The number of nitrogens with one attached hydrogen (secondary N) is 1. The number of morpholine rings is 1. The summed E-state index contributed by atoms with van der Waals surface area (Å²) in [6.45, 7) is 12.2. The first-order chi connectivity index (χ1) is 7.22. The molecule has 0 aromatic carbocycles. The lowest BCUT2D eigenvalue weighted by Gasteiger charge is -2.35. The van der Waals surface area contributed by atoms with Crippen LogP contribution in [-0.2, 0) is 4.74 Å². The predicted octanol–water partition coefficient (Wildman–Crippen LogP) is 1.49. The zero-order chi connectivity index (χ0) is 11.1. The topological polar surface area (TPSA) is 24.5 Å². The Morgan fingerprint density at radius 3 is 2.47 bits per heavy atom. The summed E-state index contributed by atoms with van der Waals surface area (Å²) in [5.74, 6) is 0. The Bertz CT molecular complexity index is 154. The summed E-state index contributed by atoms with van der Waals surface area (Å²) in [5, 5.41) is 3.44. The molecule has 0 amide bonds. The summed E-state index contributed by atoms with van der Waals surface area (Å²) in [4.78, 5) is 2.52. The second-order valence-corrected chi connectivity index (χ2v) is 4.62. The average molecular weight is 214 g/mol. The van der Waals surface area contributed by atoms with E-state index >= 15 is 0 Å². The lowest BCUT2D eigenvalue weighted by Crippen LogP contribution is -2.46. The quantitative estimate of drug-likeness (QED) is 0.678. The van der Waals surface area contributed by atoms with E-state index in [4.69, 9.17) is 4.74 Å². The number of hydrogen-bond donors (Lipinski definition) is 1. The van der Waals surface area contributed by atoms with Crippen molar-refractivity contribution >= 4 is 0 Å². The minimum atomic E-state index is 0.400. The van der Waals surface area contributed by atoms with Gasteiger partial charge in [-0.3, -0.25) is 4.90 Å². The van der Waals surface area contributed by atoms with Crippen LogP contribution in [0.15, 0.2) is 0 Å². The molecule has 1 saturated heterocycles. The van der Waals surface area contributed by atoms with E-state index in [1.165, 1.54) is 19.4 Å². The minimum absolute atomic E-state index is 0.400. The first-order valence-corrected chi connectivity index (χ1v) is 6.31. The Hall–Kier alpha value is -0.120. The van der Waals surface area contributed by atoms with Gasteiger partial charge in [0, 0.05) is 13.1 Å². The Morgan fingerprint density at radius 1 is 1.20 bits per heavy atom. The molecule has 2 atom stereocenters. The minimum Gasteiger partial charge on any atom is -0.373 e. The molecule has 0 aliphatic carbocycles. The van der Waals surface area contributed by atoms with Gasteiger partial charge in [0.05, 0.1) is 12.2 Å². The van der Waals surface area contributed by atoms with Gasteiger partial charge in [-0.2, -0.15) is 0 Å². The molecular weight excluding hydrogens is 188 g/mol. The Balaban J connectivity index is 2.04. The van der Waals surface area contributed by atoms with Crippen LogP contribution >= 0.6 is 0 Å². The first kappa shape index (κ1) is 12.9. The molecule has 1 fully saturated rings. The molecule has 1 aliphatic rings. The Morgan fingerprint density at radius 2 is 1.87 bits per heavy atom. The van der Waals surface area contributed by atoms with Gasteiger partial charge in [-0.25, -0.2) is 0 Å². The number of ether oxygens (including phenoxy) is 1. The van der Waals surface area contributed by atoms with Gasteiger partial charge in [0.1, 0.15) is 0 Å². The highest BCUT2D eigenvalue weighted by Gasteiger charge is 2.21. The van der Waals surface area contributed by atoms with Crippen molar-refractivity contribution in [1.29, 1.82) is 0 Å². The SMILES string of the molecule is CCCNCCCN1CC(C)OC(C)C1. The van der Waals surface area contributed by atoms with Crippen LogP contribution in [0.3, 0.4) is 0 Å². The van der Waals surface area contributed by atoms with Crippen molar-refractivity contribution in [1.82, 2.24) is 10.2 Å². The second kappa shape index (κ2) is 7.20. The molecular formula is C12H26N2O. The van der Waals surface area contributed by atoms with Crippen LogP contribution in [0.25, 0.3) is 0 Å². The van der Waals surface area contributed by atoms with Crippen molar-refractivity contribution in [3.8, 4) is 0 Å². The van der Waals surface area contributed by atoms with Crippen molar-refractivity contribution in [2.75, 3.05) is 32.7 Å². The van der Waals surface area contributed by atoms with Crippen molar-refractivity contribution in [3.63, 3.8) is 0 Å². The van der Waals surface area contributed by atoms with E-state index in [1.54, 1.807) is 0 Å². The molecule has 1 N–H and O–H groups in total. The van der Waals surface area contributed by atoms with Crippen molar-refractivity contribution in [2.45, 2.75) is 45.8 Å². The maximum absolute atomic E-state index is 5.70. The van der Waals surface area contributed by atoms with E-state index in [2.05, 4.69) is 31.0 Å². The highest BCUT2D eigenvalue weighted by atomic mass is 16.5. The van der Waals surface area contributed by atoms with Crippen LogP contribution in [0.1, 0.15) is 33.6 Å². The van der Waals surface area contributed by atoms with Gasteiger partial charge < -0.3 is 10.1 Å². The van der Waals surface area contributed by atoms with Crippen LogP contribution in [0.5, 0.6) is 0 Å². The molecule has 0 saturated carbocycles. The molecule has 1 rings (SSSR count). The fraction of sp³-hybridized carbons (Fsp3) is 1.00. The smallest absolute Gasteiger partial charge is 0.0678 e. The van der Waals surface area contributed by atoms with Crippen LogP contribution in [-0.4, -0.2) is 49.8 Å². The molecule has 0 radical (unpaired) electrons. The third-order valence-electron chi connectivity index (χ3n) is 2.75. The molecule has 0 aromatic rings. The van der Waals surface area contributed by atoms with Gasteiger partial charge >= 0.3 is 0 Å². The third-order valence-corrected chi connectivity index (χ3v) is 2.75. The molecule has 90 valence electrons. The van der Waals surface area contributed by atoms with Gasteiger partial charge in [-0.15, -0.1) is 0 Å². The largest absolute Gasteiger partial charge is 0.373 e. The maximum Gasteiger partial charge on any atom is 0.0678 e. The van der Waals surface area contributed by atoms with Crippen molar-refractivity contribution in [2.24, 2.45) is 0 Å². The lowest BCUT2D eigenvalue weighted by molar-refractivity contribution is -0.0680. The van der Waals surface area contributed by atoms with Gasteiger partial charge in [-0.1, -0.05) is 6.92 Å². The average Bonchev–Trinajstić information content (AvgIpc) is 2.16. The standard InChI is InChI=1S/C12H26N2O/c1-4-6-13-7-5-8-14-9-11(2)15-12(3)10-14/h11-13H,4-10H2,1-3H3. The van der Waals surface area contributed by atoms with Gasteiger partial charge in [0.25, 0.3) is 0 Å². The van der Waals surface area contributed by atoms with Gasteiger partial charge in [0.2, 0.25) is 0 Å². The van der Waals surface area contributed by atoms with Crippen molar-refractivity contribution < 1.29 is 4.74 Å². The fourth-order valence-corrected chi connectivity index (χ4v) is 2.20. The molecule has 0 aromatic heterocycles. The molecule has 3 heteroatoms. The summed E-state index contributed by atoms with van der Waals surface area (Å²) in [6, 6.07) is 0. The summed E-state index contributed by atoms with van der Waals surface area (Å²) in [5.41, 5.74) is 0. The molecule has 0 bridgehead atoms.